The summed E-state index contributed by atoms with van der Waals surface area (Å²) in [5, 5.41) is 0. The van der Waals surface area contributed by atoms with Crippen LogP contribution in [0.4, 0.5) is 0 Å². The summed E-state index contributed by atoms with van der Waals surface area (Å²) in [6.45, 7) is 4.41. The van der Waals surface area contributed by atoms with Crippen molar-refractivity contribution in [3.05, 3.63) is 24.2 Å². The molecule has 0 aliphatic carbocycles. The van der Waals surface area contributed by atoms with Gasteiger partial charge in [-0.2, -0.15) is 0 Å². The highest BCUT2D eigenvalue weighted by Crippen LogP contribution is 2.10. The highest BCUT2D eigenvalue weighted by Gasteiger charge is 2.34. The van der Waals surface area contributed by atoms with Gasteiger partial charge in [-0.1, -0.05) is 0 Å². The summed E-state index contributed by atoms with van der Waals surface area (Å²) in [7, 11) is 0. The average molecular weight is 264 g/mol. The van der Waals surface area contributed by atoms with Crippen molar-refractivity contribution in [1.82, 2.24) is 9.80 Å². The van der Waals surface area contributed by atoms with Gasteiger partial charge in [-0.05, 0) is 26.0 Å². The number of hydrogen-bond acceptors (Lipinski definition) is 4. The van der Waals surface area contributed by atoms with E-state index in [-0.39, 0.29) is 24.1 Å². The van der Waals surface area contributed by atoms with E-state index < -0.39 is 11.8 Å². The molecule has 1 saturated heterocycles. The van der Waals surface area contributed by atoms with Gasteiger partial charge in [0.15, 0.2) is 5.76 Å². The van der Waals surface area contributed by atoms with Crippen LogP contribution in [-0.2, 0) is 9.59 Å². The van der Waals surface area contributed by atoms with Crippen LogP contribution in [0.2, 0.25) is 0 Å². The van der Waals surface area contributed by atoms with E-state index in [2.05, 4.69) is 0 Å². The minimum atomic E-state index is -0.625. The van der Waals surface area contributed by atoms with E-state index in [4.69, 9.17) is 4.42 Å². The van der Waals surface area contributed by atoms with Crippen molar-refractivity contribution in [3.63, 3.8) is 0 Å². The molecule has 6 nitrogen and oxygen atoms in total. The number of carbonyl (C=O) groups excluding carboxylic acids is 3. The fourth-order valence-electron chi connectivity index (χ4n) is 2.02. The van der Waals surface area contributed by atoms with Crippen LogP contribution >= 0.6 is 0 Å². The second-order valence-electron chi connectivity index (χ2n) is 4.72. The molecule has 0 bridgehead atoms. The Hall–Kier alpha value is -2.11. The van der Waals surface area contributed by atoms with Crippen LogP contribution in [0.3, 0.4) is 0 Å². The Morgan fingerprint density at radius 2 is 2.05 bits per heavy atom. The fourth-order valence-corrected chi connectivity index (χ4v) is 2.02. The van der Waals surface area contributed by atoms with Gasteiger partial charge >= 0.3 is 11.8 Å². The smallest absolute Gasteiger partial charge is 0.312 e. The maximum Gasteiger partial charge on any atom is 0.312 e. The number of hydrogen-bond donors (Lipinski definition) is 0. The third-order valence-electron chi connectivity index (χ3n) is 3.10. The molecule has 0 unspecified atom stereocenters. The Bertz CT molecular complexity index is 493. The van der Waals surface area contributed by atoms with Gasteiger partial charge in [0.25, 0.3) is 0 Å². The van der Waals surface area contributed by atoms with Gasteiger partial charge in [0.1, 0.15) is 0 Å². The van der Waals surface area contributed by atoms with Crippen molar-refractivity contribution in [1.29, 1.82) is 0 Å². The lowest BCUT2D eigenvalue weighted by Gasteiger charge is -2.35. The third kappa shape index (κ3) is 2.67. The Labute approximate surface area is 111 Å². The number of ketones is 1. The molecule has 1 aromatic rings. The maximum atomic E-state index is 11.9. The number of Topliss-reactive ketones (excluding diaryl/α,β-unsaturated/α-hetero) is 1. The van der Waals surface area contributed by atoms with Gasteiger partial charge in [0.2, 0.25) is 5.78 Å². The summed E-state index contributed by atoms with van der Waals surface area (Å²) in [5.74, 6) is -1.27. The number of furan rings is 1. The zero-order valence-corrected chi connectivity index (χ0v) is 11.0. The molecule has 0 spiro atoms. The monoisotopic (exact) mass is 264 g/mol. The standard InChI is InChI=1S/C13H16N2O4/c1-9(2)15-6-5-14(12(17)13(15)18)8-10(16)11-4-3-7-19-11/h3-4,7,9H,5-6,8H2,1-2H3. The summed E-state index contributed by atoms with van der Waals surface area (Å²) in [6, 6.07) is 3.13. The molecule has 1 aromatic heterocycles. The summed E-state index contributed by atoms with van der Waals surface area (Å²) < 4.78 is 4.98. The second kappa shape index (κ2) is 5.26. The van der Waals surface area contributed by atoms with Crippen LogP contribution in [0.1, 0.15) is 24.4 Å². The molecule has 6 heteroatoms. The van der Waals surface area contributed by atoms with Crippen LogP contribution in [0.5, 0.6) is 0 Å². The van der Waals surface area contributed by atoms with E-state index in [0.29, 0.717) is 13.1 Å². The zero-order chi connectivity index (χ0) is 14.0. The predicted octanol–water partition coefficient (Wildman–Crippen LogP) is 0.541. The van der Waals surface area contributed by atoms with E-state index in [1.54, 1.807) is 12.1 Å². The van der Waals surface area contributed by atoms with Gasteiger partial charge in [-0.15, -0.1) is 0 Å². The highest BCUT2D eigenvalue weighted by molar-refractivity contribution is 6.35. The molecular formula is C13H16N2O4. The molecular weight excluding hydrogens is 248 g/mol. The molecule has 19 heavy (non-hydrogen) atoms. The first-order valence-corrected chi connectivity index (χ1v) is 6.17. The lowest BCUT2D eigenvalue weighted by atomic mass is 10.2. The van der Waals surface area contributed by atoms with Crippen molar-refractivity contribution < 1.29 is 18.8 Å². The van der Waals surface area contributed by atoms with Gasteiger partial charge in [-0.25, -0.2) is 0 Å². The van der Waals surface area contributed by atoms with E-state index in [0.717, 1.165) is 0 Å². The Balaban J connectivity index is 2.02. The number of piperazine rings is 1. The van der Waals surface area contributed by atoms with Gasteiger partial charge < -0.3 is 14.2 Å². The lowest BCUT2D eigenvalue weighted by Crippen LogP contribution is -2.57. The van der Waals surface area contributed by atoms with Crippen molar-refractivity contribution in [2.24, 2.45) is 0 Å². The normalized spacial score (nSPS) is 16.4. The molecule has 1 aliphatic rings. The molecule has 0 saturated carbocycles. The van der Waals surface area contributed by atoms with Crippen molar-refractivity contribution in [3.8, 4) is 0 Å². The first-order valence-electron chi connectivity index (χ1n) is 6.17. The Morgan fingerprint density at radius 1 is 1.32 bits per heavy atom. The molecule has 2 amide bonds. The Morgan fingerprint density at radius 3 is 2.63 bits per heavy atom. The molecule has 102 valence electrons. The van der Waals surface area contributed by atoms with E-state index >= 15 is 0 Å². The van der Waals surface area contributed by atoms with Crippen LogP contribution in [0.15, 0.2) is 22.8 Å². The summed E-state index contributed by atoms with van der Waals surface area (Å²) in [6.07, 6.45) is 1.40. The molecule has 0 aromatic carbocycles. The lowest BCUT2D eigenvalue weighted by molar-refractivity contribution is -0.156. The minimum Gasteiger partial charge on any atom is -0.461 e. The molecule has 0 atom stereocenters. The quantitative estimate of drug-likeness (QED) is 0.588. The molecule has 2 heterocycles. The SMILES string of the molecule is CC(C)N1CCN(CC(=O)c2ccco2)C(=O)C1=O. The molecule has 2 rings (SSSR count). The van der Waals surface area contributed by atoms with Crippen molar-refractivity contribution in [2.45, 2.75) is 19.9 Å². The second-order valence-corrected chi connectivity index (χ2v) is 4.72. The summed E-state index contributed by atoms with van der Waals surface area (Å²) in [4.78, 5) is 38.4. The average Bonchev–Trinajstić information content (AvgIpc) is 2.88. The summed E-state index contributed by atoms with van der Waals surface area (Å²) in [5.41, 5.74) is 0. The van der Waals surface area contributed by atoms with E-state index in [1.165, 1.54) is 16.1 Å². The minimum absolute atomic E-state index is 0.0145. The van der Waals surface area contributed by atoms with E-state index in [9.17, 15) is 14.4 Å². The van der Waals surface area contributed by atoms with Gasteiger partial charge in [0, 0.05) is 19.1 Å². The van der Waals surface area contributed by atoms with E-state index in [1.807, 2.05) is 13.8 Å². The zero-order valence-electron chi connectivity index (χ0n) is 11.0. The van der Waals surface area contributed by atoms with Gasteiger partial charge in [0.05, 0.1) is 12.8 Å². The predicted molar refractivity (Wildman–Crippen MR) is 66.5 cm³/mol. The molecule has 1 aliphatic heterocycles. The van der Waals surface area contributed by atoms with Crippen molar-refractivity contribution >= 4 is 17.6 Å². The van der Waals surface area contributed by atoms with Crippen LogP contribution in [0, 0.1) is 0 Å². The van der Waals surface area contributed by atoms with Crippen LogP contribution in [-0.4, -0.2) is 53.1 Å². The number of nitrogens with zero attached hydrogens (tertiary/aromatic N) is 2. The molecule has 0 radical (unpaired) electrons. The molecule has 1 fully saturated rings. The fraction of sp³-hybridized carbons (Fsp3) is 0.462. The van der Waals surface area contributed by atoms with Gasteiger partial charge in [-0.3, -0.25) is 14.4 Å². The molecule has 0 N–H and O–H groups in total. The maximum absolute atomic E-state index is 11.9. The van der Waals surface area contributed by atoms with Crippen LogP contribution in [0.25, 0.3) is 0 Å². The Kier molecular flexibility index (Phi) is 3.69. The topological polar surface area (TPSA) is 70.8 Å². The number of carbonyl (C=O) groups is 3. The third-order valence-corrected chi connectivity index (χ3v) is 3.10. The van der Waals surface area contributed by atoms with Crippen molar-refractivity contribution in [2.75, 3.05) is 19.6 Å². The van der Waals surface area contributed by atoms with Crippen LogP contribution < -0.4 is 0 Å². The largest absolute Gasteiger partial charge is 0.461 e. The number of amides is 2. The highest BCUT2D eigenvalue weighted by atomic mass is 16.3. The first kappa shape index (κ1) is 13.3. The summed E-state index contributed by atoms with van der Waals surface area (Å²) >= 11 is 0. The first-order chi connectivity index (χ1) is 9.00. The number of rotatable bonds is 4.